The molecule has 3 rings (SSSR count). The van der Waals surface area contributed by atoms with Gasteiger partial charge < -0.3 is 14.5 Å². The third kappa shape index (κ3) is 3.52. The van der Waals surface area contributed by atoms with Crippen LogP contribution in [-0.4, -0.2) is 36.6 Å². The van der Waals surface area contributed by atoms with Crippen molar-refractivity contribution in [2.24, 2.45) is 0 Å². The fourth-order valence-corrected chi connectivity index (χ4v) is 2.79. The Kier molecular flexibility index (Phi) is 4.59. The molecule has 0 saturated carbocycles. The highest BCUT2D eigenvalue weighted by Gasteiger charge is 2.24. The quantitative estimate of drug-likeness (QED) is 0.674. The average molecular weight is 317 g/mol. The van der Waals surface area contributed by atoms with Gasteiger partial charge in [0.05, 0.1) is 17.8 Å². The number of ether oxygens (including phenoxy) is 1. The molecule has 1 N–H and O–H groups in total. The first kappa shape index (κ1) is 15.5. The molecular formula is C16H19N3O4. The minimum Gasteiger partial charge on any atom is -0.467 e. The SMILES string of the molecule is CNc1ccc(CN2CCO[C@@H](c3ccco3)C2)cc1[N+](=O)[O-]. The normalized spacial score (nSPS) is 18.7. The largest absolute Gasteiger partial charge is 0.467 e. The molecule has 1 aromatic heterocycles. The molecule has 0 radical (unpaired) electrons. The highest BCUT2D eigenvalue weighted by atomic mass is 16.6. The third-order valence-corrected chi connectivity index (χ3v) is 3.95. The summed E-state index contributed by atoms with van der Waals surface area (Å²) >= 11 is 0. The summed E-state index contributed by atoms with van der Waals surface area (Å²) in [5, 5.41) is 14.0. The van der Waals surface area contributed by atoms with Gasteiger partial charge in [-0.2, -0.15) is 0 Å². The Bertz CT molecular complexity index is 672. The van der Waals surface area contributed by atoms with Crippen LogP contribution in [0.1, 0.15) is 17.4 Å². The van der Waals surface area contributed by atoms with Gasteiger partial charge in [-0.25, -0.2) is 0 Å². The van der Waals surface area contributed by atoms with E-state index in [2.05, 4.69) is 10.2 Å². The second-order valence-electron chi connectivity index (χ2n) is 5.47. The standard InChI is InChI=1S/C16H19N3O4/c1-17-13-5-4-12(9-14(13)19(20)21)10-18-6-8-23-16(11-18)15-3-2-7-22-15/h2-5,7,9,16-17H,6,8,10-11H2,1H3/t16-/m1/s1. The zero-order valence-corrected chi connectivity index (χ0v) is 12.9. The van der Waals surface area contributed by atoms with Crippen LogP contribution in [-0.2, 0) is 11.3 Å². The molecule has 0 unspecified atom stereocenters. The molecule has 2 heterocycles. The van der Waals surface area contributed by atoms with Gasteiger partial charge in [0.15, 0.2) is 0 Å². The van der Waals surface area contributed by atoms with Crippen molar-refractivity contribution >= 4 is 11.4 Å². The van der Waals surface area contributed by atoms with Gasteiger partial charge in [0.1, 0.15) is 17.6 Å². The molecule has 1 saturated heterocycles. The first-order chi connectivity index (χ1) is 11.2. The molecule has 23 heavy (non-hydrogen) atoms. The number of hydrogen-bond acceptors (Lipinski definition) is 6. The highest BCUT2D eigenvalue weighted by Crippen LogP contribution is 2.27. The summed E-state index contributed by atoms with van der Waals surface area (Å²) in [4.78, 5) is 13.0. The van der Waals surface area contributed by atoms with Crippen LogP contribution < -0.4 is 5.32 Å². The van der Waals surface area contributed by atoms with Gasteiger partial charge in [-0.15, -0.1) is 0 Å². The summed E-state index contributed by atoms with van der Waals surface area (Å²) in [6.07, 6.45) is 1.54. The van der Waals surface area contributed by atoms with Crippen LogP contribution in [0.15, 0.2) is 41.0 Å². The fraction of sp³-hybridized carbons (Fsp3) is 0.375. The number of nitrogens with zero attached hydrogens (tertiary/aromatic N) is 2. The second kappa shape index (κ2) is 6.80. The van der Waals surface area contributed by atoms with E-state index in [0.29, 0.717) is 25.4 Å². The van der Waals surface area contributed by atoms with Crippen molar-refractivity contribution in [1.29, 1.82) is 0 Å². The average Bonchev–Trinajstić information content (AvgIpc) is 3.09. The lowest BCUT2D eigenvalue weighted by Crippen LogP contribution is -2.37. The summed E-state index contributed by atoms with van der Waals surface area (Å²) < 4.78 is 11.1. The maximum atomic E-state index is 11.2. The molecule has 122 valence electrons. The lowest BCUT2D eigenvalue weighted by atomic mass is 10.1. The third-order valence-electron chi connectivity index (χ3n) is 3.95. The van der Waals surface area contributed by atoms with Crippen LogP contribution >= 0.6 is 0 Å². The number of anilines is 1. The fourth-order valence-electron chi connectivity index (χ4n) is 2.79. The molecule has 1 fully saturated rings. The second-order valence-corrected chi connectivity index (χ2v) is 5.47. The van der Waals surface area contributed by atoms with Gasteiger partial charge in [0, 0.05) is 32.7 Å². The molecule has 1 aliphatic heterocycles. The number of nitrogens with one attached hydrogen (secondary N) is 1. The Hall–Kier alpha value is -2.38. The molecule has 7 nitrogen and oxygen atoms in total. The van der Waals surface area contributed by atoms with Gasteiger partial charge in [0.2, 0.25) is 0 Å². The molecular weight excluding hydrogens is 298 g/mol. The van der Waals surface area contributed by atoms with E-state index in [1.54, 1.807) is 25.4 Å². The zero-order valence-electron chi connectivity index (χ0n) is 12.9. The Labute approximate surface area is 134 Å². The number of furan rings is 1. The van der Waals surface area contributed by atoms with Crippen LogP contribution in [0.3, 0.4) is 0 Å². The molecule has 1 aliphatic rings. The number of rotatable bonds is 5. The number of nitro benzene ring substituents is 1. The van der Waals surface area contributed by atoms with Crippen LogP contribution in [0.2, 0.25) is 0 Å². The number of nitro groups is 1. The number of morpholine rings is 1. The molecule has 0 aliphatic carbocycles. The Morgan fingerprint density at radius 2 is 2.30 bits per heavy atom. The van der Waals surface area contributed by atoms with Crippen molar-refractivity contribution in [1.82, 2.24) is 4.90 Å². The molecule has 1 atom stereocenters. The Morgan fingerprint density at radius 1 is 1.43 bits per heavy atom. The van der Waals surface area contributed by atoms with Gasteiger partial charge >= 0.3 is 0 Å². The Balaban J connectivity index is 1.71. The zero-order chi connectivity index (χ0) is 16.2. The molecule has 0 bridgehead atoms. The molecule has 7 heteroatoms. The summed E-state index contributed by atoms with van der Waals surface area (Å²) in [6.45, 7) is 2.75. The number of hydrogen-bond donors (Lipinski definition) is 1. The molecule has 2 aromatic rings. The van der Waals surface area contributed by atoms with E-state index in [4.69, 9.17) is 9.15 Å². The van der Waals surface area contributed by atoms with Gasteiger partial charge in [0.25, 0.3) is 5.69 Å². The van der Waals surface area contributed by atoms with E-state index in [9.17, 15) is 10.1 Å². The van der Waals surface area contributed by atoms with Gasteiger partial charge in [-0.1, -0.05) is 6.07 Å². The minimum absolute atomic E-state index is 0.0923. The van der Waals surface area contributed by atoms with Crippen LogP contribution in [0, 0.1) is 10.1 Å². The molecule has 0 spiro atoms. The topological polar surface area (TPSA) is 80.8 Å². The van der Waals surface area contributed by atoms with E-state index in [-0.39, 0.29) is 16.7 Å². The van der Waals surface area contributed by atoms with Crippen molar-refractivity contribution < 1.29 is 14.1 Å². The van der Waals surface area contributed by atoms with E-state index >= 15 is 0 Å². The van der Waals surface area contributed by atoms with E-state index in [0.717, 1.165) is 17.9 Å². The first-order valence-corrected chi connectivity index (χ1v) is 7.50. The predicted octanol–water partition coefficient (Wildman–Crippen LogP) is 2.80. The van der Waals surface area contributed by atoms with Crippen LogP contribution in [0.25, 0.3) is 0 Å². The smallest absolute Gasteiger partial charge is 0.292 e. The van der Waals surface area contributed by atoms with Crippen molar-refractivity contribution in [2.45, 2.75) is 12.6 Å². The maximum absolute atomic E-state index is 11.2. The van der Waals surface area contributed by atoms with Gasteiger partial charge in [-0.3, -0.25) is 15.0 Å². The predicted molar refractivity (Wildman–Crippen MR) is 85.3 cm³/mol. The minimum atomic E-state index is -0.361. The van der Waals surface area contributed by atoms with E-state index in [1.807, 2.05) is 18.2 Å². The summed E-state index contributed by atoms with van der Waals surface area (Å²) in [6, 6.07) is 9.04. The molecule has 0 amide bonds. The van der Waals surface area contributed by atoms with E-state index < -0.39 is 0 Å². The lowest BCUT2D eigenvalue weighted by Gasteiger charge is -2.31. The Morgan fingerprint density at radius 3 is 3.00 bits per heavy atom. The molecule has 1 aromatic carbocycles. The maximum Gasteiger partial charge on any atom is 0.292 e. The summed E-state index contributed by atoms with van der Waals surface area (Å²) in [5.41, 5.74) is 1.53. The van der Waals surface area contributed by atoms with E-state index in [1.165, 1.54) is 0 Å². The van der Waals surface area contributed by atoms with Crippen LogP contribution in [0.4, 0.5) is 11.4 Å². The first-order valence-electron chi connectivity index (χ1n) is 7.50. The highest BCUT2D eigenvalue weighted by molar-refractivity contribution is 5.62. The monoisotopic (exact) mass is 317 g/mol. The van der Waals surface area contributed by atoms with Crippen molar-refractivity contribution in [2.75, 3.05) is 32.1 Å². The lowest BCUT2D eigenvalue weighted by molar-refractivity contribution is -0.384. The summed E-state index contributed by atoms with van der Waals surface area (Å²) in [7, 11) is 1.68. The van der Waals surface area contributed by atoms with Crippen molar-refractivity contribution in [3.63, 3.8) is 0 Å². The van der Waals surface area contributed by atoms with Crippen LogP contribution in [0.5, 0.6) is 0 Å². The van der Waals surface area contributed by atoms with Gasteiger partial charge in [-0.05, 0) is 23.8 Å². The van der Waals surface area contributed by atoms with Crippen molar-refractivity contribution in [3.8, 4) is 0 Å². The van der Waals surface area contributed by atoms with Crippen molar-refractivity contribution in [3.05, 3.63) is 58.0 Å². The number of benzene rings is 1. The summed E-state index contributed by atoms with van der Waals surface area (Å²) in [5.74, 6) is 0.811.